The van der Waals surface area contributed by atoms with Crippen molar-refractivity contribution < 1.29 is 14.3 Å². The summed E-state index contributed by atoms with van der Waals surface area (Å²) in [6, 6.07) is 22.2. The van der Waals surface area contributed by atoms with E-state index in [9.17, 15) is 9.59 Å². The Morgan fingerprint density at radius 3 is 2.53 bits per heavy atom. The molecular weight excluding hydrogens is 478 g/mol. The van der Waals surface area contributed by atoms with Gasteiger partial charge < -0.3 is 15.0 Å². The first kappa shape index (κ1) is 25.4. The van der Waals surface area contributed by atoms with E-state index in [0.29, 0.717) is 11.3 Å². The molecule has 0 bridgehead atoms. The number of nitrogens with one attached hydrogen (secondary N) is 1. The molecular formula is C30H33N5O3. The molecule has 196 valence electrons. The van der Waals surface area contributed by atoms with E-state index < -0.39 is 6.04 Å². The molecule has 1 atom stereocenters. The molecule has 1 fully saturated rings. The Kier molecular flexibility index (Phi) is 7.67. The molecule has 1 saturated carbocycles. The first-order chi connectivity index (χ1) is 18.5. The molecule has 4 aromatic rings. The van der Waals surface area contributed by atoms with Gasteiger partial charge in [-0.3, -0.25) is 9.59 Å². The highest BCUT2D eigenvalue weighted by Crippen LogP contribution is 2.30. The van der Waals surface area contributed by atoms with Crippen molar-refractivity contribution >= 4 is 22.8 Å². The molecule has 8 nitrogen and oxygen atoms in total. The van der Waals surface area contributed by atoms with E-state index in [-0.39, 0.29) is 30.9 Å². The van der Waals surface area contributed by atoms with Gasteiger partial charge >= 0.3 is 0 Å². The summed E-state index contributed by atoms with van der Waals surface area (Å²) in [7, 11) is 1.61. The minimum Gasteiger partial charge on any atom is -0.496 e. The number of carbonyl (C=O) groups is 2. The largest absolute Gasteiger partial charge is 0.496 e. The smallest absolute Gasteiger partial charge is 0.247 e. The lowest BCUT2D eigenvalue weighted by molar-refractivity contribution is -0.142. The van der Waals surface area contributed by atoms with Gasteiger partial charge in [-0.2, -0.15) is 0 Å². The zero-order valence-electron chi connectivity index (χ0n) is 21.8. The summed E-state index contributed by atoms with van der Waals surface area (Å²) in [5.74, 6) is 0.260. The van der Waals surface area contributed by atoms with Crippen molar-refractivity contribution in [2.75, 3.05) is 7.11 Å². The summed E-state index contributed by atoms with van der Waals surface area (Å²) in [4.78, 5) is 29.8. The van der Waals surface area contributed by atoms with Gasteiger partial charge in [-0.15, -0.1) is 5.10 Å². The van der Waals surface area contributed by atoms with Crippen molar-refractivity contribution in [2.45, 2.75) is 57.8 Å². The second-order valence-corrected chi connectivity index (χ2v) is 9.82. The van der Waals surface area contributed by atoms with Gasteiger partial charge in [0.1, 0.15) is 23.9 Å². The number of aryl methyl sites for hydroxylation is 1. The lowest BCUT2D eigenvalue weighted by Crippen LogP contribution is -2.47. The number of fused-ring (bicyclic) bond motifs is 1. The lowest BCUT2D eigenvalue weighted by Gasteiger charge is -2.33. The van der Waals surface area contributed by atoms with E-state index in [1.54, 1.807) is 16.7 Å². The first-order valence-corrected chi connectivity index (χ1v) is 13.1. The number of ether oxygens (including phenoxy) is 1. The summed E-state index contributed by atoms with van der Waals surface area (Å²) >= 11 is 0. The Labute approximate surface area is 222 Å². The average molecular weight is 512 g/mol. The van der Waals surface area contributed by atoms with E-state index in [4.69, 9.17) is 4.74 Å². The van der Waals surface area contributed by atoms with E-state index in [0.717, 1.165) is 47.9 Å². The van der Waals surface area contributed by atoms with Gasteiger partial charge in [0.15, 0.2) is 0 Å². The Hall–Kier alpha value is -4.20. The second-order valence-electron chi connectivity index (χ2n) is 9.82. The number of para-hydroxylation sites is 2. The third kappa shape index (κ3) is 5.39. The molecule has 8 heteroatoms. The normalized spacial score (nSPS) is 14.4. The number of carbonyl (C=O) groups excluding carboxylic acids is 2. The van der Waals surface area contributed by atoms with Gasteiger partial charge in [-0.25, -0.2) is 4.68 Å². The van der Waals surface area contributed by atoms with Crippen LogP contribution in [0.2, 0.25) is 0 Å². The standard InChI is InChI=1S/C30H33N5O3/c1-21-11-3-7-15-24(21)29(30(37)31-23-13-5-6-14-23)34(19-22-12-4-10-18-27(22)38-2)28(36)20-35-26-17-9-8-16-25(26)32-33-35/h3-4,7-12,15-18,23,29H,5-6,13-14,19-20H2,1-2H3,(H,31,37). The summed E-state index contributed by atoms with van der Waals surface area (Å²) < 4.78 is 7.19. The van der Waals surface area contributed by atoms with Crippen molar-refractivity contribution in [3.8, 4) is 5.75 Å². The molecule has 1 unspecified atom stereocenters. The molecule has 0 radical (unpaired) electrons. The number of benzene rings is 3. The summed E-state index contributed by atoms with van der Waals surface area (Å²) in [5.41, 5.74) is 4.05. The number of amides is 2. The average Bonchev–Trinajstić information content (AvgIpc) is 3.59. The predicted octanol–water partition coefficient (Wildman–Crippen LogP) is 4.58. The Bertz CT molecular complexity index is 1430. The maximum Gasteiger partial charge on any atom is 0.247 e. The van der Waals surface area contributed by atoms with Crippen LogP contribution in [-0.2, 0) is 22.7 Å². The number of hydrogen-bond acceptors (Lipinski definition) is 5. The van der Waals surface area contributed by atoms with Gasteiger partial charge in [0.25, 0.3) is 0 Å². The van der Waals surface area contributed by atoms with Crippen LogP contribution in [0.1, 0.15) is 48.4 Å². The van der Waals surface area contributed by atoms with Crippen LogP contribution in [-0.4, -0.2) is 44.9 Å². The molecule has 1 N–H and O–H groups in total. The Morgan fingerprint density at radius 1 is 1.03 bits per heavy atom. The molecule has 1 aliphatic carbocycles. The molecule has 0 aliphatic heterocycles. The van der Waals surface area contributed by atoms with Crippen LogP contribution < -0.4 is 10.1 Å². The van der Waals surface area contributed by atoms with Crippen LogP contribution in [0.5, 0.6) is 5.75 Å². The van der Waals surface area contributed by atoms with Crippen molar-refractivity contribution in [3.63, 3.8) is 0 Å². The van der Waals surface area contributed by atoms with Crippen LogP contribution in [0.15, 0.2) is 72.8 Å². The summed E-state index contributed by atoms with van der Waals surface area (Å²) in [5, 5.41) is 11.7. The fourth-order valence-electron chi connectivity index (χ4n) is 5.29. The zero-order chi connectivity index (χ0) is 26.5. The fourth-order valence-corrected chi connectivity index (χ4v) is 5.29. The number of nitrogens with zero attached hydrogens (tertiary/aromatic N) is 4. The number of aromatic nitrogens is 3. The van der Waals surface area contributed by atoms with E-state index in [2.05, 4.69) is 15.6 Å². The summed E-state index contributed by atoms with van der Waals surface area (Å²) in [6.07, 6.45) is 4.11. The van der Waals surface area contributed by atoms with Crippen LogP contribution in [0, 0.1) is 6.92 Å². The fraction of sp³-hybridized carbons (Fsp3) is 0.333. The highest BCUT2D eigenvalue weighted by Gasteiger charge is 2.34. The van der Waals surface area contributed by atoms with E-state index >= 15 is 0 Å². The SMILES string of the molecule is COc1ccccc1CN(C(=O)Cn1nnc2ccccc21)C(C(=O)NC1CCCC1)c1ccccc1C. The van der Waals surface area contributed by atoms with Crippen molar-refractivity contribution in [1.82, 2.24) is 25.2 Å². The summed E-state index contributed by atoms with van der Waals surface area (Å²) in [6.45, 7) is 2.13. The van der Waals surface area contributed by atoms with Crippen molar-refractivity contribution in [1.29, 1.82) is 0 Å². The van der Waals surface area contributed by atoms with Crippen molar-refractivity contribution in [3.05, 3.63) is 89.5 Å². The minimum absolute atomic E-state index is 0.0469. The maximum absolute atomic E-state index is 14.1. The van der Waals surface area contributed by atoms with Crippen LogP contribution in [0.3, 0.4) is 0 Å². The molecule has 1 aromatic heterocycles. The molecule has 0 saturated heterocycles. The minimum atomic E-state index is -0.816. The molecule has 1 heterocycles. The van der Waals surface area contributed by atoms with Gasteiger partial charge in [-0.05, 0) is 49.1 Å². The van der Waals surface area contributed by atoms with Gasteiger partial charge in [0.2, 0.25) is 11.8 Å². The van der Waals surface area contributed by atoms with Crippen LogP contribution in [0.4, 0.5) is 0 Å². The van der Waals surface area contributed by atoms with Gasteiger partial charge in [0, 0.05) is 11.6 Å². The number of methoxy groups -OCH3 is 1. The van der Waals surface area contributed by atoms with Crippen LogP contribution in [0.25, 0.3) is 11.0 Å². The predicted molar refractivity (Wildman–Crippen MR) is 145 cm³/mol. The van der Waals surface area contributed by atoms with Crippen LogP contribution >= 0.6 is 0 Å². The number of hydrogen-bond donors (Lipinski definition) is 1. The maximum atomic E-state index is 14.1. The van der Waals surface area contributed by atoms with Gasteiger partial charge in [0.05, 0.1) is 19.2 Å². The molecule has 2 amide bonds. The number of rotatable bonds is 9. The third-order valence-electron chi connectivity index (χ3n) is 7.30. The Balaban J connectivity index is 1.56. The molecule has 5 rings (SSSR count). The lowest BCUT2D eigenvalue weighted by atomic mass is 9.97. The molecule has 38 heavy (non-hydrogen) atoms. The highest BCUT2D eigenvalue weighted by molar-refractivity contribution is 5.89. The van der Waals surface area contributed by atoms with Crippen molar-refractivity contribution in [2.24, 2.45) is 0 Å². The quantitative estimate of drug-likeness (QED) is 0.355. The highest BCUT2D eigenvalue weighted by atomic mass is 16.5. The van der Waals surface area contributed by atoms with E-state index in [1.807, 2.05) is 79.7 Å². The van der Waals surface area contributed by atoms with E-state index in [1.165, 1.54) is 0 Å². The molecule has 3 aromatic carbocycles. The zero-order valence-corrected chi connectivity index (χ0v) is 21.8. The topological polar surface area (TPSA) is 89.3 Å². The first-order valence-electron chi connectivity index (χ1n) is 13.1. The van der Waals surface area contributed by atoms with Gasteiger partial charge in [-0.1, -0.05) is 72.7 Å². The monoisotopic (exact) mass is 511 g/mol. The third-order valence-corrected chi connectivity index (χ3v) is 7.30. The molecule has 0 spiro atoms. The molecule has 1 aliphatic rings. The Morgan fingerprint density at radius 2 is 1.74 bits per heavy atom. The second kappa shape index (κ2) is 11.5.